The van der Waals surface area contributed by atoms with Crippen LogP contribution in [0.3, 0.4) is 0 Å². The Morgan fingerprint density at radius 3 is 2.33 bits per heavy atom. The molecule has 0 aromatic carbocycles. The zero-order chi connectivity index (χ0) is 18.8. The minimum absolute atomic E-state index is 0.0419. The number of rotatable bonds is 4. The molecule has 1 amide bonds. The number of hydrogen-bond donors (Lipinski definition) is 1. The van der Waals surface area contributed by atoms with Gasteiger partial charge in [0, 0.05) is 6.20 Å². The van der Waals surface area contributed by atoms with Gasteiger partial charge in [0.15, 0.2) is 0 Å². The highest BCUT2D eigenvalue weighted by molar-refractivity contribution is 6.30. The third-order valence-electron chi connectivity index (χ3n) is 2.23. The number of hydrogen-bond acceptors (Lipinski definition) is 5. The molecule has 136 valence electrons. The lowest BCUT2D eigenvalue weighted by Gasteiger charge is -2.19. The fourth-order valence-corrected chi connectivity index (χ4v) is 1.62. The summed E-state index contributed by atoms with van der Waals surface area (Å²) in [4.78, 5) is 27.5. The van der Waals surface area contributed by atoms with Crippen LogP contribution in [-0.2, 0) is 16.0 Å². The molecule has 0 spiro atoms. The maximum Gasteiger partial charge on any atom is 0.407 e. The van der Waals surface area contributed by atoms with Crippen molar-refractivity contribution in [2.45, 2.75) is 60.1 Å². The molecule has 0 aliphatic rings. The zero-order valence-electron chi connectivity index (χ0n) is 15.2. The molecular weight excluding hydrogens is 332 g/mol. The quantitative estimate of drug-likeness (QED) is 0.809. The molecule has 0 saturated carbocycles. The van der Waals surface area contributed by atoms with Crippen molar-refractivity contribution < 1.29 is 19.1 Å². The Balaban J connectivity index is 0.00000163. The monoisotopic (exact) mass is 358 g/mol. The van der Waals surface area contributed by atoms with Crippen molar-refractivity contribution in [3.8, 4) is 0 Å². The van der Waals surface area contributed by atoms with Crippen molar-refractivity contribution in [3.63, 3.8) is 0 Å². The third-order valence-corrected chi connectivity index (χ3v) is 2.44. The van der Waals surface area contributed by atoms with E-state index in [1.807, 2.05) is 0 Å². The van der Waals surface area contributed by atoms with Crippen molar-refractivity contribution in [1.82, 2.24) is 10.3 Å². The van der Waals surface area contributed by atoms with Crippen LogP contribution in [0.5, 0.6) is 0 Å². The predicted octanol–water partition coefficient (Wildman–Crippen LogP) is 4.35. The number of carbonyl (C=O) groups is 2. The Kier molecular flexibility index (Phi) is 10.0. The first-order chi connectivity index (χ1) is 11.1. The molecule has 1 N–H and O–H groups in total. The van der Waals surface area contributed by atoms with E-state index in [1.165, 1.54) is 18.7 Å². The molecule has 0 bridgehead atoms. The van der Waals surface area contributed by atoms with Crippen molar-refractivity contribution in [3.05, 3.63) is 28.5 Å². The number of aromatic nitrogens is 1. The molecule has 1 heterocycles. The average Bonchev–Trinajstić information content (AvgIpc) is 2.45. The van der Waals surface area contributed by atoms with Crippen LogP contribution in [-0.4, -0.2) is 29.3 Å². The first kappa shape index (κ1) is 22.2. The normalized spacial score (nSPS) is 10.3. The largest absolute Gasteiger partial charge is 0.462 e. The molecule has 0 atom stereocenters. The lowest BCUT2D eigenvalue weighted by Crippen LogP contribution is -2.32. The fraction of sp³-hybridized carbons (Fsp3) is 0.588. The molecule has 0 unspecified atom stereocenters. The van der Waals surface area contributed by atoms with Gasteiger partial charge in [-0.05, 0) is 33.8 Å². The van der Waals surface area contributed by atoms with Gasteiger partial charge in [0.05, 0.1) is 29.4 Å². The highest BCUT2D eigenvalue weighted by atomic mass is 35.5. The summed E-state index contributed by atoms with van der Waals surface area (Å²) in [6.07, 6.45) is 2.06. The van der Waals surface area contributed by atoms with E-state index in [2.05, 4.69) is 24.1 Å². The van der Waals surface area contributed by atoms with Gasteiger partial charge in [0.2, 0.25) is 0 Å². The Hall–Kier alpha value is -1.82. The molecule has 6 nitrogen and oxygen atoms in total. The van der Waals surface area contributed by atoms with Crippen molar-refractivity contribution in [2.24, 2.45) is 0 Å². The highest BCUT2D eigenvalue weighted by Crippen LogP contribution is 2.15. The first-order valence-electron chi connectivity index (χ1n) is 7.92. The van der Waals surface area contributed by atoms with Crippen molar-refractivity contribution >= 4 is 23.7 Å². The number of pyridine rings is 1. The van der Waals surface area contributed by atoms with Crippen LogP contribution in [0, 0.1) is 0 Å². The van der Waals surface area contributed by atoms with Gasteiger partial charge in [-0.15, -0.1) is 0 Å². The van der Waals surface area contributed by atoms with Gasteiger partial charge < -0.3 is 14.8 Å². The van der Waals surface area contributed by atoms with Crippen LogP contribution in [0.25, 0.3) is 0 Å². The standard InChI is InChI=1S/C14H19ClN2O4.C3H8/c1-5-20-12(18)10-6-9(15)7-16-11(10)8-17-13(19)21-14(2,3)4;1-3-2/h6-7H,5,8H2,1-4H3,(H,17,19);3H2,1-2H3. The average molecular weight is 359 g/mol. The number of ether oxygens (including phenoxy) is 2. The van der Waals surface area contributed by atoms with Crippen LogP contribution in [0.4, 0.5) is 4.79 Å². The smallest absolute Gasteiger partial charge is 0.407 e. The Morgan fingerprint density at radius 1 is 1.25 bits per heavy atom. The minimum Gasteiger partial charge on any atom is -0.462 e. The number of esters is 1. The van der Waals surface area contributed by atoms with Crippen LogP contribution < -0.4 is 5.32 Å². The summed E-state index contributed by atoms with van der Waals surface area (Å²) in [6, 6.07) is 1.46. The van der Waals surface area contributed by atoms with Gasteiger partial charge in [-0.1, -0.05) is 31.9 Å². The van der Waals surface area contributed by atoms with Gasteiger partial charge in [0.25, 0.3) is 0 Å². The van der Waals surface area contributed by atoms with E-state index in [0.717, 1.165) is 0 Å². The zero-order valence-corrected chi connectivity index (χ0v) is 16.0. The summed E-state index contributed by atoms with van der Waals surface area (Å²) < 4.78 is 10.0. The molecule has 0 saturated heterocycles. The van der Waals surface area contributed by atoms with E-state index in [4.69, 9.17) is 21.1 Å². The summed E-state index contributed by atoms with van der Waals surface area (Å²) in [5.41, 5.74) is -0.00861. The maximum atomic E-state index is 11.8. The maximum absolute atomic E-state index is 11.8. The van der Waals surface area contributed by atoms with E-state index < -0.39 is 17.7 Å². The second-order valence-electron chi connectivity index (χ2n) is 5.93. The molecular formula is C17H27ClN2O4. The fourth-order valence-electron chi connectivity index (χ4n) is 1.46. The molecule has 0 aliphatic heterocycles. The summed E-state index contributed by atoms with van der Waals surface area (Å²) in [7, 11) is 0. The van der Waals surface area contributed by atoms with Crippen LogP contribution in [0.15, 0.2) is 12.3 Å². The number of alkyl carbamates (subject to hydrolysis) is 1. The van der Waals surface area contributed by atoms with Gasteiger partial charge in [-0.3, -0.25) is 4.98 Å². The van der Waals surface area contributed by atoms with Gasteiger partial charge >= 0.3 is 12.1 Å². The van der Waals surface area contributed by atoms with Crippen molar-refractivity contribution in [2.75, 3.05) is 6.61 Å². The second-order valence-corrected chi connectivity index (χ2v) is 6.37. The van der Waals surface area contributed by atoms with Gasteiger partial charge in [-0.2, -0.15) is 0 Å². The SMILES string of the molecule is CCC.CCOC(=O)c1cc(Cl)cnc1CNC(=O)OC(C)(C)C. The van der Waals surface area contributed by atoms with E-state index in [9.17, 15) is 9.59 Å². The van der Waals surface area contributed by atoms with Gasteiger partial charge in [-0.25, -0.2) is 9.59 Å². The second kappa shape index (κ2) is 10.9. The summed E-state index contributed by atoms with van der Waals surface area (Å²) >= 11 is 5.83. The summed E-state index contributed by atoms with van der Waals surface area (Å²) in [6.45, 7) is 11.5. The topological polar surface area (TPSA) is 77.5 Å². The van der Waals surface area contributed by atoms with Crippen LogP contribution in [0.2, 0.25) is 5.02 Å². The van der Waals surface area contributed by atoms with E-state index in [0.29, 0.717) is 10.7 Å². The summed E-state index contributed by atoms with van der Waals surface area (Å²) in [5.74, 6) is -0.534. The number of nitrogens with one attached hydrogen (secondary N) is 1. The lowest BCUT2D eigenvalue weighted by molar-refractivity contribution is 0.0501. The number of halogens is 1. The molecule has 1 aromatic heterocycles. The molecule has 0 aliphatic carbocycles. The molecule has 0 radical (unpaired) electrons. The number of nitrogens with zero attached hydrogens (tertiary/aromatic N) is 1. The number of amides is 1. The molecule has 1 aromatic rings. The molecule has 1 rings (SSSR count). The van der Waals surface area contributed by atoms with E-state index >= 15 is 0 Å². The molecule has 7 heteroatoms. The van der Waals surface area contributed by atoms with Crippen molar-refractivity contribution in [1.29, 1.82) is 0 Å². The summed E-state index contributed by atoms with van der Waals surface area (Å²) in [5, 5.41) is 2.86. The highest BCUT2D eigenvalue weighted by Gasteiger charge is 2.18. The van der Waals surface area contributed by atoms with E-state index in [-0.39, 0.29) is 18.7 Å². The predicted molar refractivity (Wildman–Crippen MR) is 94.2 cm³/mol. The molecule has 24 heavy (non-hydrogen) atoms. The minimum atomic E-state index is -0.596. The molecule has 0 fully saturated rings. The lowest BCUT2D eigenvalue weighted by atomic mass is 10.2. The Bertz CT molecular complexity index is 542. The number of carbonyl (C=O) groups excluding carboxylic acids is 2. The Labute approximate surface area is 148 Å². The Morgan fingerprint density at radius 2 is 1.83 bits per heavy atom. The van der Waals surface area contributed by atoms with Crippen LogP contribution >= 0.6 is 11.6 Å². The van der Waals surface area contributed by atoms with Gasteiger partial charge in [0.1, 0.15) is 5.60 Å². The van der Waals surface area contributed by atoms with Crippen LogP contribution in [0.1, 0.15) is 64.0 Å². The third kappa shape index (κ3) is 9.35. The first-order valence-corrected chi connectivity index (χ1v) is 8.30. The van der Waals surface area contributed by atoms with E-state index in [1.54, 1.807) is 27.7 Å².